The van der Waals surface area contributed by atoms with Crippen LogP contribution in [0.15, 0.2) is 51.8 Å². The zero-order valence-electron chi connectivity index (χ0n) is 12.0. The Bertz CT molecular complexity index is 818. The summed E-state index contributed by atoms with van der Waals surface area (Å²) in [6.07, 6.45) is 0. The molecule has 0 radical (unpaired) electrons. The van der Waals surface area contributed by atoms with Gasteiger partial charge in [0.1, 0.15) is 0 Å². The maximum atomic E-state index is 12.5. The molecule has 0 amide bonds. The van der Waals surface area contributed by atoms with Gasteiger partial charge in [0.15, 0.2) is 0 Å². The standard InChI is InChI=1S/C15H14BrNO4S/c1-10-6-7-11(15(18)21-2)8-14(10)22(19,20)17-13-5-3-4-12(16)9-13/h3-9,17H,1-2H3. The minimum atomic E-state index is -3.80. The molecule has 0 aliphatic heterocycles. The Balaban J connectivity index is 2.42. The number of sulfonamides is 1. The Morgan fingerprint density at radius 2 is 1.91 bits per heavy atom. The first-order valence-corrected chi connectivity index (χ1v) is 8.58. The highest BCUT2D eigenvalue weighted by atomic mass is 79.9. The molecule has 116 valence electrons. The predicted octanol–water partition coefficient (Wildman–Crippen LogP) is 3.34. The molecule has 0 saturated heterocycles. The Kier molecular flexibility index (Phi) is 4.87. The van der Waals surface area contributed by atoms with Gasteiger partial charge in [-0.1, -0.05) is 28.1 Å². The van der Waals surface area contributed by atoms with Crippen LogP contribution < -0.4 is 4.72 Å². The number of carbonyl (C=O) groups is 1. The third kappa shape index (κ3) is 3.66. The summed E-state index contributed by atoms with van der Waals surface area (Å²) >= 11 is 3.28. The molecule has 0 aliphatic rings. The number of methoxy groups -OCH3 is 1. The minimum Gasteiger partial charge on any atom is -0.465 e. The smallest absolute Gasteiger partial charge is 0.337 e. The number of halogens is 1. The van der Waals surface area contributed by atoms with E-state index in [4.69, 9.17) is 0 Å². The van der Waals surface area contributed by atoms with Crippen LogP contribution in [-0.2, 0) is 14.8 Å². The fourth-order valence-corrected chi connectivity index (χ4v) is 3.62. The topological polar surface area (TPSA) is 72.5 Å². The fourth-order valence-electron chi connectivity index (χ4n) is 1.90. The molecular weight excluding hydrogens is 370 g/mol. The van der Waals surface area contributed by atoms with Crippen molar-refractivity contribution in [2.24, 2.45) is 0 Å². The molecule has 0 fully saturated rings. The number of aryl methyl sites for hydroxylation is 1. The molecule has 0 unspecified atom stereocenters. The molecule has 0 aliphatic carbocycles. The van der Waals surface area contributed by atoms with Crippen molar-refractivity contribution in [3.05, 3.63) is 58.1 Å². The van der Waals surface area contributed by atoms with Crippen LogP contribution in [0.25, 0.3) is 0 Å². The molecule has 0 saturated carbocycles. The Hall–Kier alpha value is -1.86. The van der Waals surface area contributed by atoms with Crippen molar-refractivity contribution in [2.75, 3.05) is 11.8 Å². The largest absolute Gasteiger partial charge is 0.465 e. The van der Waals surface area contributed by atoms with Gasteiger partial charge in [0.05, 0.1) is 17.6 Å². The van der Waals surface area contributed by atoms with Gasteiger partial charge in [0.25, 0.3) is 10.0 Å². The van der Waals surface area contributed by atoms with Crippen LogP contribution in [0, 0.1) is 6.92 Å². The van der Waals surface area contributed by atoms with E-state index < -0.39 is 16.0 Å². The summed E-state index contributed by atoms with van der Waals surface area (Å²) in [5, 5.41) is 0. The van der Waals surface area contributed by atoms with Gasteiger partial charge in [-0.3, -0.25) is 4.72 Å². The van der Waals surface area contributed by atoms with Gasteiger partial charge in [0, 0.05) is 10.2 Å². The molecule has 0 aromatic heterocycles. The molecule has 7 heteroatoms. The van der Waals surface area contributed by atoms with Crippen LogP contribution in [0.2, 0.25) is 0 Å². The number of ether oxygens (including phenoxy) is 1. The van der Waals surface area contributed by atoms with E-state index in [1.165, 1.54) is 19.2 Å². The summed E-state index contributed by atoms with van der Waals surface area (Å²) in [6.45, 7) is 1.66. The number of carbonyl (C=O) groups excluding carboxylic acids is 1. The lowest BCUT2D eigenvalue weighted by atomic mass is 10.1. The van der Waals surface area contributed by atoms with E-state index >= 15 is 0 Å². The van der Waals surface area contributed by atoms with Crippen LogP contribution >= 0.6 is 15.9 Å². The van der Waals surface area contributed by atoms with Gasteiger partial charge >= 0.3 is 5.97 Å². The molecule has 1 N–H and O–H groups in total. The molecule has 0 atom stereocenters. The number of rotatable bonds is 4. The van der Waals surface area contributed by atoms with Crippen molar-refractivity contribution in [3.8, 4) is 0 Å². The van der Waals surface area contributed by atoms with E-state index in [1.54, 1.807) is 37.3 Å². The average molecular weight is 384 g/mol. The van der Waals surface area contributed by atoms with Gasteiger partial charge in [-0.15, -0.1) is 0 Å². The Morgan fingerprint density at radius 1 is 1.18 bits per heavy atom. The van der Waals surface area contributed by atoms with Crippen molar-refractivity contribution in [2.45, 2.75) is 11.8 Å². The van der Waals surface area contributed by atoms with Crippen molar-refractivity contribution in [3.63, 3.8) is 0 Å². The van der Waals surface area contributed by atoms with E-state index in [-0.39, 0.29) is 10.5 Å². The second kappa shape index (κ2) is 6.50. The molecule has 0 bridgehead atoms. The lowest BCUT2D eigenvalue weighted by molar-refractivity contribution is 0.0600. The lowest BCUT2D eigenvalue weighted by Crippen LogP contribution is -2.15. The quantitative estimate of drug-likeness (QED) is 0.821. The highest BCUT2D eigenvalue weighted by molar-refractivity contribution is 9.10. The Labute approximate surface area is 137 Å². The van der Waals surface area contributed by atoms with Crippen molar-refractivity contribution >= 4 is 37.6 Å². The second-order valence-electron chi connectivity index (χ2n) is 4.59. The predicted molar refractivity (Wildman–Crippen MR) is 87.5 cm³/mol. The second-order valence-corrected chi connectivity index (χ2v) is 7.15. The van der Waals surface area contributed by atoms with Crippen LogP contribution in [-0.4, -0.2) is 21.5 Å². The number of esters is 1. The average Bonchev–Trinajstić information content (AvgIpc) is 2.46. The zero-order valence-corrected chi connectivity index (χ0v) is 14.4. The van der Waals surface area contributed by atoms with Crippen LogP contribution in [0.5, 0.6) is 0 Å². The highest BCUT2D eigenvalue weighted by Crippen LogP contribution is 2.23. The summed E-state index contributed by atoms with van der Waals surface area (Å²) in [4.78, 5) is 11.6. The third-order valence-electron chi connectivity index (χ3n) is 2.98. The van der Waals surface area contributed by atoms with Gasteiger partial charge in [-0.05, 0) is 42.8 Å². The summed E-state index contributed by atoms with van der Waals surface area (Å²) < 4.78 is 32.9. The molecule has 2 aromatic rings. The van der Waals surface area contributed by atoms with Crippen LogP contribution in [0.1, 0.15) is 15.9 Å². The first-order valence-electron chi connectivity index (χ1n) is 6.31. The first-order chi connectivity index (χ1) is 10.3. The maximum absolute atomic E-state index is 12.5. The van der Waals surface area contributed by atoms with E-state index in [0.29, 0.717) is 11.3 Å². The maximum Gasteiger partial charge on any atom is 0.337 e. The van der Waals surface area contributed by atoms with Gasteiger partial charge < -0.3 is 4.74 Å². The molecule has 0 heterocycles. The molecule has 0 spiro atoms. The molecule has 2 aromatic carbocycles. The molecule has 22 heavy (non-hydrogen) atoms. The van der Waals surface area contributed by atoms with Crippen molar-refractivity contribution in [1.82, 2.24) is 0 Å². The lowest BCUT2D eigenvalue weighted by Gasteiger charge is -2.11. The van der Waals surface area contributed by atoms with Crippen molar-refractivity contribution < 1.29 is 17.9 Å². The minimum absolute atomic E-state index is 0.0374. The van der Waals surface area contributed by atoms with Crippen molar-refractivity contribution in [1.29, 1.82) is 0 Å². The van der Waals surface area contributed by atoms with E-state index in [1.807, 2.05) is 0 Å². The Morgan fingerprint density at radius 3 is 2.55 bits per heavy atom. The fraction of sp³-hybridized carbons (Fsp3) is 0.133. The molecule has 2 rings (SSSR count). The summed E-state index contributed by atoms with van der Waals surface area (Å²) in [6, 6.07) is 11.2. The molecule has 5 nitrogen and oxygen atoms in total. The summed E-state index contributed by atoms with van der Waals surface area (Å²) in [5.41, 5.74) is 1.15. The summed E-state index contributed by atoms with van der Waals surface area (Å²) in [5.74, 6) is -0.584. The van der Waals surface area contributed by atoms with Crippen LogP contribution in [0.3, 0.4) is 0 Å². The van der Waals surface area contributed by atoms with E-state index in [2.05, 4.69) is 25.4 Å². The SMILES string of the molecule is COC(=O)c1ccc(C)c(S(=O)(=O)Nc2cccc(Br)c2)c1. The normalized spacial score (nSPS) is 11.0. The van der Waals surface area contributed by atoms with E-state index in [0.717, 1.165) is 4.47 Å². The molecular formula is C15H14BrNO4S. The van der Waals surface area contributed by atoms with Gasteiger partial charge in [-0.25, -0.2) is 13.2 Å². The zero-order chi connectivity index (χ0) is 16.3. The van der Waals surface area contributed by atoms with Crippen LogP contribution in [0.4, 0.5) is 5.69 Å². The highest BCUT2D eigenvalue weighted by Gasteiger charge is 2.19. The number of hydrogen-bond acceptors (Lipinski definition) is 4. The number of anilines is 1. The van der Waals surface area contributed by atoms with E-state index in [9.17, 15) is 13.2 Å². The van der Waals surface area contributed by atoms with Gasteiger partial charge in [-0.2, -0.15) is 0 Å². The van der Waals surface area contributed by atoms with Gasteiger partial charge in [0.2, 0.25) is 0 Å². The number of nitrogens with one attached hydrogen (secondary N) is 1. The monoisotopic (exact) mass is 383 g/mol. The number of benzene rings is 2. The first kappa shape index (κ1) is 16.5. The number of hydrogen-bond donors (Lipinski definition) is 1. The summed E-state index contributed by atoms with van der Waals surface area (Å²) in [7, 11) is -2.56. The third-order valence-corrected chi connectivity index (χ3v) is 4.99.